The number of hydrazone groups is 1. The Bertz CT molecular complexity index is 1040. The lowest BCUT2D eigenvalue weighted by atomic mass is 10.3. The maximum atomic E-state index is 13.1. The fourth-order valence-corrected chi connectivity index (χ4v) is 3.86. The Labute approximate surface area is 163 Å². The van der Waals surface area contributed by atoms with Gasteiger partial charge in [-0.1, -0.05) is 42.5 Å². The second-order valence-corrected chi connectivity index (χ2v) is 7.57. The molecule has 28 heavy (non-hydrogen) atoms. The number of hydrogen-bond donors (Lipinski definition) is 1. The first-order valence-electron chi connectivity index (χ1n) is 8.43. The lowest BCUT2D eigenvalue weighted by Crippen LogP contribution is -2.39. The molecule has 0 spiro atoms. The van der Waals surface area contributed by atoms with E-state index in [-0.39, 0.29) is 4.90 Å². The largest absolute Gasteiger partial charge is 0.271 e. The number of aromatic nitrogens is 1. The molecule has 0 atom stereocenters. The highest BCUT2D eigenvalue weighted by atomic mass is 32.2. The van der Waals surface area contributed by atoms with E-state index in [1.165, 1.54) is 18.3 Å². The summed E-state index contributed by atoms with van der Waals surface area (Å²) in [5.74, 6) is -0.574. The Hall–Kier alpha value is -3.52. The molecule has 1 amide bonds. The molecule has 1 aromatic heterocycles. The predicted molar refractivity (Wildman–Crippen MR) is 107 cm³/mol. The van der Waals surface area contributed by atoms with Gasteiger partial charge in [-0.05, 0) is 36.4 Å². The summed E-state index contributed by atoms with van der Waals surface area (Å²) in [4.78, 5) is 16.5. The minimum atomic E-state index is -3.92. The van der Waals surface area contributed by atoms with Gasteiger partial charge in [-0.15, -0.1) is 0 Å². The Kier molecular flexibility index (Phi) is 6.13. The van der Waals surface area contributed by atoms with E-state index in [0.717, 1.165) is 4.31 Å². The van der Waals surface area contributed by atoms with E-state index in [4.69, 9.17) is 0 Å². The van der Waals surface area contributed by atoms with E-state index in [2.05, 4.69) is 15.5 Å². The van der Waals surface area contributed by atoms with Crippen molar-refractivity contribution in [2.45, 2.75) is 4.90 Å². The van der Waals surface area contributed by atoms with Gasteiger partial charge in [-0.2, -0.15) is 5.10 Å². The third-order valence-corrected chi connectivity index (χ3v) is 5.52. The molecule has 0 aliphatic rings. The van der Waals surface area contributed by atoms with Crippen LogP contribution in [0.2, 0.25) is 0 Å². The summed E-state index contributed by atoms with van der Waals surface area (Å²) < 4.78 is 27.2. The monoisotopic (exact) mass is 394 g/mol. The molecule has 0 aliphatic carbocycles. The maximum Gasteiger partial charge on any atom is 0.264 e. The van der Waals surface area contributed by atoms with E-state index in [0.29, 0.717) is 11.4 Å². The number of anilines is 1. The van der Waals surface area contributed by atoms with Crippen LogP contribution in [0.25, 0.3) is 0 Å². The Morgan fingerprint density at radius 2 is 1.61 bits per heavy atom. The van der Waals surface area contributed by atoms with Gasteiger partial charge in [0.1, 0.15) is 6.54 Å². The molecule has 0 fully saturated rings. The van der Waals surface area contributed by atoms with Crippen molar-refractivity contribution in [2.75, 3.05) is 10.8 Å². The van der Waals surface area contributed by atoms with Gasteiger partial charge in [0.2, 0.25) is 0 Å². The van der Waals surface area contributed by atoms with E-state index >= 15 is 0 Å². The SMILES string of the molecule is O=C(CN(c1ccccc1)S(=O)(=O)c1ccccc1)N/N=C/c1ccccn1. The Morgan fingerprint density at radius 3 is 2.25 bits per heavy atom. The van der Waals surface area contributed by atoms with Crippen LogP contribution < -0.4 is 9.73 Å². The first-order chi connectivity index (χ1) is 13.6. The van der Waals surface area contributed by atoms with Crippen LogP contribution in [-0.4, -0.2) is 32.1 Å². The zero-order valence-corrected chi connectivity index (χ0v) is 15.7. The first kappa shape index (κ1) is 19.2. The molecule has 0 unspecified atom stereocenters. The highest BCUT2D eigenvalue weighted by Gasteiger charge is 2.26. The molecule has 1 heterocycles. The van der Waals surface area contributed by atoms with Gasteiger partial charge in [0.05, 0.1) is 22.5 Å². The number of pyridine rings is 1. The van der Waals surface area contributed by atoms with Gasteiger partial charge in [0.25, 0.3) is 15.9 Å². The van der Waals surface area contributed by atoms with Gasteiger partial charge in [-0.25, -0.2) is 13.8 Å². The summed E-state index contributed by atoms with van der Waals surface area (Å²) >= 11 is 0. The zero-order chi connectivity index (χ0) is 19.8. The van der Waals surface area contributed by atoms with Crippen LogP contribution in [0.3, 0.4) is 0 Å². The molecule has 0 aliphatic heterocycles. The molecule has 1 N–H and O–H groups in total. The number of sulfonamides is 1. The molecule has 3 rings (SSSR count). The van der Waals surface area contributed by atoms with Crippen LogP contribution >= 0.6 is 0 Å². The van der Waals surface area contributed by atoms with E-state index in [9.17, 15) is 13.2 Å². The smallest absolute Gasteiger partial charge is 0.264 e. The number of nitrogens with zero attached hydrogens (tertiary/aromatic N) is 3. The van der Waals surface area contributed by atoms with E-state index < -0.39 is 22.5 Å². The molecule has 7 nitrogen and oxygen atoms in total. The van der Waals surface area contributed by atoms with Crippen LogP contribution in [0.4, 0.5) is 5.69 Å². The first-order valence-corrected chi connectivity index (χ1v) is 9.87. The highest BCUT2D eigenvalue weighted by Crippen LogP contribution is 2.22. The molecule has 0 saturated heterocycles. The number of nitrogens with one attached hydrogen (secondary N) is 1. The quantitative estimate of drug-likeness (QED) is 0.492. The number of rotatable bonds is 7. The minimum absolute atomic E-state index is 0.101. The normalized spacial score (nSPS) is 11.3. The number of para-hydroxylation sites is 1. The number of benzene rings is 2. The van der Waals surface area contributed by atoms with Crippen molar-refractivity contribution in [1.82, 2.24) is 10.4 Å². The van der Waals surface area contributed by atoms with Crippen molar-refractivity contribution in [3.8, 4) is 0 Å². The second kappa shape index (κ2) is 8.92. The summed E-state index contributed by atoms with van der Waals surface area (Å²) in [5, 5.41) is 3.83. The average Bonchev–Trinajstić information content (AvgIpc) is 2.74. The lowest BCUT2D eigenvalue weighted by Gasteiger charge is -2.23. The number of amides is 1. The number of carbonyl (C=O) groups excluding carboxylic acids is 1. The fourth-order valence-electron chi connectivity index (χ4n) is 2.42. The van der Waals surface area contributed by atoms with Gasteiger partial charge >= 0.3 is 0 Å². The third-order valence-electron chi connectivity index (χ3n) is 3.74. The third kappa shape index (κ3) is 4.80. The minimum Gasteiger partial charge on any atom is -0.271 e. The van der Waals surface area contributed by atoms with Crippen molar-refractivity contribution in [1.29, 1.82) is 0 Å². The van der Waals surface area contributed by atoms with Crippen molar-refractivity contribution in [2.24, 2.45) is 5.10 Å². The summed E-state index contributed by atoms with van der Waals surface area (Å²) in [6.45, 7) is -0.416. The molecule has 0 bridgehead atoms. The van der Waals surface area contributed by atoms with Crippen LogP contribution in [0.15, 0.2) is 95.1 Å². The van der Waals surface area contributed by atoms with Gasteiger partial charge in [0, 0.05) is 6.20 Å². The van der Waals surface area contributed by atoms with Crippen molar-refractivity contribution < 1.29 is 13.2 Å². The van der Waals surface area contributed by atoms with Crippen molar-refractivity contribution >= 4 is 27.8 Å². The topological polar surface area (TPSA) is 91.7 Å². The van der Waals surface area contributed by atoms with Crippen molar-refractivity contribution in [3.63, 3.8) is 0 Å². The summed E-state index contributed by atoms with van der Waals surface area (Å²) in [5.41, 5.74) is 3.29. The van der Waals surface area contributed by atoms with Crippen LogP contribution in [-0.2, 0) is 14.8 Å². The molecule has 3 aromatic rings. The molecular weight excluding hydrogens is 376 g/mol. The van der Waals surface area contributed by atoms with Gasteiger partial charge in [-0.3, -0.25) is 14.1 Å². The molecule has 2 aromatic carbocycles. The molecule has 8 heteroatoms. The lowest BCUT2D eigenvalue weighted by molar-refractivity contribution is -0.119. The number of hydrogen-bond acceptors (Lipinski definition) is 5. The van der Waals surface area contributed by atoms with Crippen LogP contribution in [0.5, 0.6) is 0 Å². The fraction of sp³-hybridized carbons (Fsp3) is 0.0500. The van der Waals surface area contributed by atoms with E-state index in [1.54, 1.807) is 72.9 Å². The molecule has 0 saturated carbocycles. The molecule has 0 radical (unpaired) electrons. The zero-order valence-electron chi connectivity index (χ0n) is 14.8. The average molecular weight is 394 g/mol. The second-order valence-electron chi connectivity index (χ2n) is 5.71. The maximum absolute atomic E-state index is 13.1. The van der Waals surface area contributed by atoms with Gasteiger partial charge in [0.15, 0.2) is 0 Å². The van der Waals surface area contributed by atoms with Crippen LogP contribution in [0, 0.1) is 0 Å². The molecule has 142 valence electrons. The summed E-state index contributed by atoms with van der Waals surface area (Å²) in [6.07, 6.45) is 2.99. The molecular formula is C20H18N4O3S. The summed E-state index contributed by atoms with van der Waals surface area (Å²) in [6, 6.07) is 21.7. The standard InChI is InChI=1S/C20H18N4O3S/c25-20(23-22-15-17-9-7-8-14-21-17)16-24(18-10-3-1-4-11-18)28(26,27)19-12-5-2-6-13-19/h1-15H,16H2,(H,23,25)/b22-15+. The highest BCUT2D eigenvalue weighted by molar-refractivity contribution is 7.92. The Morgan fingerprint density at radius 1 is 0.964 bits per heavy atom. The van der Waals surface area contributed by atoms with Crippen LogP contribution in [0.1, 0.15) is 5.69 Å². The van der Waals surface area contributed by atoms with E-state index in [1.807, 2.05) is 0 Å². The Balaban J connectivity index is 1.80. The van der Waals surface area contributed by atoms with Crippen molar-refractivity contribution in [3.05, 3.63) is 90.8 Å². The summed E-state index contributed by atoms with van der Waals surface area (Å²) in [7, 11) is -3.92. The predicted octanol–water partition coefficient (Wildman–Crippen LogP) is 2.43. The van der Waals surface area contributed by atoms with Gasteiger partial charge < -0.3 is 0 Å². The number of carbonyl (C=O) groups is 1.